The highest BCUT2D eigenvalue weighted by Crippen LogP contribution is 2.36. The van der Waals surface area contributed by atoms with Crippen LogP contribution < -0.4 is 5.32 Å². The molecule has 1 amide bonds. The zero-order valence-corrected chi connectivity index (χ0v) is 15.4. The predicted octanol–water partition coefficient (Wildman–Crippen LogP) is 3.13. The lowest BCUT2D eigenvalue weighted by molar-refractivity contribution is -0.113. The minimum Gasteiger partial charge on any atom is -0.324 e. The van der Waals surface area contributed by atoms with Gasteiger partial charge >= 0.3 is 0 Å². The third kappa shape index (κ3) is 4.96. The highest BCUT2D eigenvalue weighted by atomic mass is 32.2. The number of hydrogen-bond acceptors (Lipinski definition) is 7. The molecule has 1 aromatic heterocycles. The van der Waals surface area contributed by atoms with Gasteiger partial charge in [-0.1, -0.05) is 30.8 Å². The fraction of sp³-hybridized carbons (Fsp3) is 0.438. The van der Waals surface area contributed by atoms with Crippen molar-refractivity contribution in [3.8, 4) is 6.07 Å². The Bertz CT molecular complexity index is 783. The van der Waals surface area contributed by atoms with E-state index in [4.69, 9.17) is 5.26 Å². The lowest BCUT2D eigenvalue weighted by Gasteiger charge is -2.13. The smallest absolute Gasteiger partial charge is 0.234 e. The second kappa shape index (κ2) is 8.36. The number of tetrazole rings is 1. The molecule has 130 valence electrons. The number of nitrogens with zero attached hydrogens (tertiary/aromatic N) is 5. The van der Waals surface area contributed by atoms with Crippen LogP contribution in [0.4, 0.5) is 5.69 Å². The molecule has 1 aromatic carbocycles. The number of hydrogen-bond donors (Lipinski definition) is 1. The van der Waals surface area contributed by atoms with Gasteiger partial charge in [0.1, 0.15) is 0 Å². The summed E-state index contributed by atoms with van der Waals surface area (Å²) in [4.78, 5) is 13.3. The van der Waals surface area contributed by atoms with Crippen molar-refractivity contribution >= 4 is 35.1 Å². The second-order valence-corrected chi connectivity index (χ2v) is 8.18. The van der Waals surface area contributed by atoms with E-state index in [2.05, 4.69) is 26.9 Å². The van der Waals surface area contributed by atoms with Crippen molar-refractivity contribution < 1.29 is 4.79 Å². The maximum Gasteiger partial charge on any atom is 0.234 e. The largest absolute Gasteiger partial charge is 0.324 e. The Morgan fingerprint density at radius 1 is 1.48 bits per heavy atom. The summed E-state index contributed by atoms with van der Waals surface area (Å²) in [5, 5.41) is 24.2. The fourth-order valence-electron chi connectivity index (χ4n) is 2.20. The van der Waals surface area contributed by atoms with Crippen molar-refractivity contribution in [2.24, 2.45) is 0 Å². The van der Waals surface area contributed by atoms with Gasteiger partial charge < -0.3 is 5.32 Å². The number of thioether (sulfide) groups is 2. The van der Waals surface area contributed by atoms with Crippen LogP contribution in [0.3, 0.4) is 0 Å². The van der Waals surface area contributed by atoms with E-state index in [1.807, 2.05) is 31.2 Å². The first-order valence-corrected chi connectivity index (χ1v) is 9.87. The lowest BCUT2D eigenvalue weighted by Crippen LogP contribution is -2.15. The number of carbonyl (C=O) groups is 1. The SMILES string of the molecule is C[C@@H](CC#N)Sc1ccccc1NC(=O)CSc1nnnn1C1CC1. The highest BCUT2D eigenvalue weighted by molar-refractivity contribution is 8.00. The van der Waals surface area contributed by atoms with Gasteiger partial charge in [0.2, 0.25) is 11.1 Å². The van der Waals surface area contributed by atoms with Crippen LogP contribution in [-0.2, 0) is 4.79 Å². The molecule has 0 radical (unpaired) electrons. The first-order valence-electron chi connectivity index (χ1n) is 8.00. The van der Waals surface area contributed by atoms with Crippen molar-refractivity contribution in [1.29, 1.82) is 5.26 Å². The van der Waals surface area contributed by atoms with E-state index in [1.54, 1.807) is 16.4 Å². The Kier molecular flexibility index (Phi) is 5.94. The first-order chi connectivity index (χ1) is 12.2. The van der Waals surface area contributed by atoms with Crippen molar-refractivity contribution in [3.63, 3.8) is 0 Å². The molecule has 25 heavy (non-hydrogen) atoms. The molecule has 0 spiro atoms. The Labute approximate surface area is 154 Å². The standard InChI is InChI=1S/C16H18N6OS2/c1-11(8-9-17)25-14-5-3-2-4-13(14)18-15(23)10-24-16-19-20-21-22(16)12-6-7-12/h2-5,11-12H,6-8,10H2,1H3,(H,18,23)/t11-/m0/s1. The number of nitriles is 1. The average molecular weight is 374 g/mol. The number of para-hydroxylation sites is 1. The van der Waals surface area contributed by atoms with Crippen LogP contribution in [0.15, 0.2) is 34.3 Å². The van der Waals surface area contributed by atoms with Crippen LogP contribution >= 0.6 is 23.5 Å². The van der Waals surface area contributed by atoms with Crippen LogP contribution in [-0.4, -0.2) is 37.1 Å². The van der Waals surface area contributed by atoms with Crippen molar-refractivity contribution in [2.45, 2.75) is 47.5 Å². The monoisotopic (exact) mass is 374 g/mol. The molecule has 0 aliphatic heterocycles. The predicted molar refractivity (Wildman–Crippen MR) is 97.4 cm³/mol. The van der Waals surface area contributed by atoms with E-state index < -0.39 is 0 Å². The van der Waals surface area contributed by atoms with Gasteiger partial charge in [-0.15, -0.1) is 16.9 Å². The molecule has 1 saturated carbocycles. The normalized spacial score (nSPS) is 14.7. The van der Waals surface area contributed by atoms with Crippen LogP contribution in [0.2, 0.25) is 0 Å². The molecule has 0 unspecified atom stereocenters. The quantitative estimate of drug-likeness (QED) is 0.709. The summed E-state index contributed by atoms with van der Waals surface area (Å²) in [6, 6.07) is 10.2. The molecule has 1 N–H and O–H groups in total. The minimum absolute atomic E-state index is 0.101. The molecule has 1 heterocycles. The summed E-state index contributed by atoms with van der Waals surface area (Å²) in [6.45, 7) is 2.00. The zero-order valence-electron chi connectivity index (χ0n) is 13.8. The Morgan fingerprint density at radius 2 is 2.28 bits per heavy atom. The fourth-order valence-corrected chi connectivity index (χ4v) is 3.94. The molecular formula is C16H18N6OS2. The van der Waals surface area contributed by atoms with Crippen LogP contribution in [0.25, 0.3) is 0 Å². The van der Waals surface area contributed by atoms with Crippen LogP contribution in [0.5, 0.6) is 0 Å². The molecular weight excluding hydrogens is 356 g/mol. The molecule has 7 nitrogen and oxygen atoms in total. The number of rotatable bonds is 8. The minimum atomic E-state index is -0.101. The topological polar surface area (TPSA) is 96.5 Å². The molecule has 2 aromatic rings. The van der Waals surface area contributed by atoms with E-state index in [-0.39, 0.29) is 16.9 Å². The molecule has 3 rings (SSSR count). The zero-order chi connectivity index (χ0) is 17.6. The molecule has 1 atom stereocenters. The van der Waals surface area contributed by atoms with Crippen LogP contribution in [0.1, 0.15) is 32.2 Å². The maximum absolute atomic E-state index is 12.3. The Balaban J connectivity index is 1.57. The average Bonchev–Trinajstić information content (AvgIpc) is 3.33. The summed E-state index contributed by atoms with van der Waals surface area (Å²) >= 11 is 2.93. The Hall–Kier alpha value is -2.05. The molecule has 1 aliphatic rings. The van der Waals surface area contributed by atoms with Gasteiger partial charge in [-0.05, 0) is 35.4 Å². The molecule has 9 heteroatoms. The number of benzene rings is 1. The highest BCUT2D eigenvalue weighted by Gasteiger charge is 2.28. The number of aromatic nitrogens is 4. The molecule has 1 aliphatic carbocycles. The number of amides is 1. The van der Waals surface area contributed by atoms with Gasteiger partial charge in [0.05, 0.1) is 23.6 Å². The van der Waals surface area contributed by atoms with Crippen molar-refractivity contribution in [2.75, 3.05) is 11.1 Å². The number of nitrogens with one attached hydrogen (secondary N) is 1. The van der Waals surface area contributed by atoms with E-state index in [0.717, 1.165) is 23.4 Å². The van der Waals surface area contributed by atoms with E-state index >= 15 is 0 Å². The lowest BCUT2D eigenvalue weighted by atomic mass is 10.3. The maximum atomic E-state index is 12.3. The van der Waals surface area contributed by atoms with Gasteiger partial charge in [0.15, 0.2) is 0 Å². The van der Waals surface area contributed by atoms with Crippen LogP contribution in [0, 0.1) is 11.3 Å². The summed E-state index contributed by atoms with van der Waals surface area (Å²) in [5.41, 5.74) is 0.768. The van der Waals surface area contributed by atoms with Gasteiger partial charge in [0, 0.05) is 16.6 Å². The summed E-state index contributed by atoms with van der Waals surface area (Å²) in [5.74, 6) is 0.149. The van der Waals surface area contributed by atoms with Gasteiger partial charge in [-0.3, -0.25) is 4.79 Å². The van der Waals surface area contributed by atoms with Gasteiger partial charge in [0.25, 0.3) is 0 Å². The van der Waals surface area contributed by atoms with Crippen molar-refractivity contribution in [1.82, 2.24) is 20.2 Å². The van der Waals surface area contributed by atoms with E-state index in [9.17, 15) is 4.79 Å². The summed E-state index contributed by atoms with van der Waals surface area (Å²) < 4.78 is 1.80. The molecule has 0 saturated heterocycles. The molecule has 0 bridgehead atoms. The molecule has 1 fully saturated rings. The first kappa shape index (κ1) is 17.8. The summed E-state index contributed by atoms with van der Waals surface area (Å²) in [6.07, 6.45) is 2.65. The van der Waals surface area contributed by atoms with E-state index in [0.29, 0.717) is 17.6 Å². The third-order valence-corrected chi connectivity index (χ3v) is 5.67. The van der Waals surface area contributed by atoms with Gasteiger partial charge in [-0.25, -0.2) is 4.68 Å². The second-order valence-electron chi connectivity index (χ2n) is 5.76. The van der Waals surface area contributed by atoms with E-state index in [1.165, 1.54) is 11.8 Å². The number of carbonyl (C=O) groups excluding carboxylic acids is 1. The third-order valence-electron chi connectivity index (χ3n) is 3.56. The van der Waals surface area contributed by atoms with Gasteiger partial charge in [-0.2, -0.15) is 5.26 Å². The Morgan fingerprint density at radius 3 is 3.04 bits per heavy atom. The number of anilines is 1. The van der Waals surface area contributed by atoms with Crippen molar-refractivity contribution in [3.05, 3.63) is 24.3 Å². The summed E-state index contributed by atoms with van der Waals surface area (Å²) in [7, 11) is 0.